The third kappa shape index (κ3) is 5.58. The molecule has 1 aliphatic heterocycles. The Morgan fingerprint density at radius 1 is 1.37 bits per heavy atom. The van der Waals surface area contributed by atoms with E-state index in [0.717, 1.165) is 25.7 Å². The number of allylic oxidation sites excluding steroid dienone is 2. The summed E-state index contributed by atoms with van der Waals surface area (Å²) in [4.78, 5) is 0. The maximum Gasteiger partial charge on any atom is 0.114 e. The van der Waals surface area contributed by atoms with Crippen molar-refractivity contribution in [2.45, 2.75) is 57.0 Å². The fourth-order valence-corrected chi connectivity index (χ4v) is 2.13. The molecule has 0 spiro atoms. The maximum atomic E-state index is 9.72. The van der Waals surface area contributed by atoms with Gasteiger partial charge in [0.2, 0.25) is 0 Å². The van der Waals surface area contributed by atoms with E-state index >= 15 is 0 Å². The normalized spacial score (nSPS) is 29.2. The average molecular weight is 274 g/mol. The van der Waals surface area contributed by atoms with Crippen LogP contribution in [0.25, 0.3) is 0 Å². The number of hydrogen-bond donors (Lipinski definition) is 3. The smallest absolute Gasteiger partial charge is 0.114 e. The van der Waals surface area contributed by atoms with Crippen LogP contribution in [0.1, 0.15) is 32.6 Å². The molecule has 0 unspecified atom stereocenters. The van der Waals surface area contributed by atoms with Gasteiger partial charge in [0, 0.05) is 6.61 Å². The summed E-state index contributed by atoms with van der Waals surface area (Å²) in [5.41, 5.74) is 0. The van der Waals surface area contributed by atoms with Gasteiger partial charge in [0.15, 0.2) is 0 Å². The molecule has 0 aromatic rings. The molecule has 112 valence electrons. The molecule has 0 amide bonds. The van der Waals surface area contributed by atoms with Crippen LogP contribution in [0.4, 0.5) is 0 Å². The molecule has 0 aliphatic carbocycles. The summed E-state index contributed by atoms with van der Waals surface area (Å²) in [6.45, 7) is 2.39. The topological polar surface area (TPSA) is 79.2 Å². The highest BCUT2D eigenvalue weighted by Gasteiger charge is 2.40. The van der Waals surface area contributed by atoms with Gasteiger partial charge in [-0.15, -0.1) is 0 Å². The molecule has 5 nitrogen and oxygen atoms in total. The van der Waals surface area contributed by atoms with Crippen molar-refractivity contribution >= 4 is 0 Å². The molecule has 19 heavy (non-hydrogen) atoms. The minimum absolute atomic E-state index is 0.144. The Morgan fingerprint density at radius 2 is 2.16 bits per heavy atom. The molecule has 1 saturated heterocycles. The van der Waals surface area contributed by atoms with E-state index < -0.39 is 24.4 Å². The van der Waals surface area contributed by atoms with Crippen molar-refractivity contribution in [3.05, 3.63) is 12.2 Å². The molecule has 1 rings (SSSR count). The lowest BCUT2D eigenvalue weighted by molar-refractivity contribution is -0.0937. The number of rotatable bonds is 9. The quantitative estimate of drug-likeness (QED) is 0.424. The van der Waals surface area contributed by atoms with Crippen molar-refractivity contribution in [2.75, 3.05) is 19.8 Å². The highest BCUT2D eigenvalue weighted by atomic mass is 16.6. The summed E-state index contributed by atoms with van der Waals surface area (Å²) in [5, 5.41) is 28.2. The van der Waals surface area contributed by atoms with Crippen molar-refractivity contribution in [1.29, 1.82) is 0 Å². The standard InChI is InChI=1S/C14H26O5/c1-2-3-4-5-6-7-8-18-14-12(17)10-19-13(14)11(16)9-15/h3-4,11-17H,2,5-10H2,1H3/b4-3+/t11-,12+,13-,14-/m1/s1. The van der Waals surface area contributed by atoms with Gasteiger partial charge in [0.1, 0.15) is 24.4 Å². The van der Waals surface area contributed by atoms with E-state index in [0.29, 0.717) is 6.61 Å². The van der Waals surface area contributed by atoms with Gasteiger partial charge < -0.3 is 24.8 Å². The molecule has 4 atom stereocenters. The van der Waals surface area contributed by atoms with Crippen LogP contribution in [-0.4, -0.2) is 59.6 Å². The first kappa shape index (κ1) is 16.6. The lowest BCUT2D eigenvalue weighted by atomic mass is 10.1. The second-order valence-corrected chi connectivity index (χ2v) is 4.83. The van der Waals surface area contributed by atoms with E-state index in [1.807, 2.05) is 0 Å². The summed E-state index contributed by atoms with van der Waals surface area (Å²) >= 11 is 0. The third-order valence-electron chi connectivity index (χ3n) is 3.21. The number of unbranched alkanes of at least 4 members (excludes halogenated alkanes) is 2. The van der Waals surface area contributed by atoms with Gasteiger partial charge in [-0.1, -0.05) is 19.1 Å². The zero-order chi connectivity index (χ0) is 14.1. The van der Waals surface area contributed by atoms with Crippen molar-refractivity contribution in [1.82, 2.24) is 0 Å². The van der Waals surface area contributed by atoms with E-state index in [9.17, 15) is 10.2 Å². The number of aliphatic hydroxyl groups excluding tert-OH is 3. The summed E-state index contributed by atoms with van der Waals surface area (Å²) in [7, 11) is 0. The monoisotopic (exact) mass is 274 g/mol. The van der Waals surface area contributed by atoms with E-state index in [-0.39, 0.29) is 13.2 Å². The van der Waals surface area contributed by atoms with Gasteiger partial charge in [-0.05, 0) is 25.7 Å². The first-order valence-electron chi connectivity index (χ1n) is 7.05. The lowest BCUT2D eigenvalue weighted by Crippen LogP contribution is -2.42. The fraction of sp³-hybridized carbons (Fsp3) is 0.857. The predicted octanol–water partition coefficient (Wildman–Crippen LogP) is 0.621. The van der Waals surface area contributed by atoms with Crippen LogP contribution in [0.2, 0.25) is 0 Å². The summed E-state index contributed by atoms with van der Waals surface area (Å²) in [5.74, 6) is 0. The molecule has 1 fully saturated rings. The Balaban J connectivity index is 2.20. The lowest BCUT2D eigenvalue weighted by Gasteiger charge is -2.23. The van der Waals surface area contributed by atoms with Gasteiger partial charge in [-0.3, -0.25) is 0 Å². The number of ether oxygens (including phenoxy) is 2. The average Bonchev–Trinajstić information content (AvgIpc) is 2.78. The molecule has 0 radical (unpaired) electrons. The van der Waals surface area contributed by atoms with Crippen LogP contribution >= 0.6 is 0 Å². The van der Waals surface area contributed by atoms with Gasteiger partial charge in [-0.25, -0.2) is 0 Å². The Morgan fingerprint density at radius 3 is 2.84 bits per heavy atom. The van der Waals surface area contributed by atoms with Crippen LogP contribution in [0.3, 0.4) is 0 Å². The van der Waals surface area contributed by atoms with Gasteiger partial charge in [-0.2, -0.15) is 0 Å². The fourth-order valence-electron chi connectivity index (χ4n) is 2.13. The van der Waals surface area contributed by atoms with Crippen LogP contribution in [0.5, 0.6) is 0 Å². The van der Waals surface area contributed by atoms with Crippen LogP contribution in [0, 0.1) is 0 Å². The Hall–Kier alpha value is -0.460. The number of hydrogen-bond acceptors (Lipinski definition) is 5. The van der Waals surface area contributed by atoms with E-state index in [1.165, 1.54) is 0 Å². The first-order chi connectivity index (χ1) is 9.20. The largest absolute Gasteiger partial charge is 0.394 e. The minimum Gasteiger partial charge on any atom is -0.394 e. The second-order valence-electron chi connectivity index (χ2n) is 4.83. The molecule has 0 bridgehead atoms. The zero-order valence-electron chi connectivity index (χ0n) is 11.6. The molecule has 1 heterocycles. The van der Waals surface area contributed by atoms with E-state index in [2.05, 4.69) is 19.1 Å². The predicted molar refractivity (Wildman–Crippen MR) is 71.9 cm³/mol. The van der Waals surface area contributed by atoms with Gasteiger partial charge in [0.25, 0.3) is 0 Å². The SMILES string of the molecule is CC/C=C/CCCCO[C@H]1[C@@H]([C@H](O)CO)OC[C@@H]1O. The third-order valence-corrected chi connectivity index (χ3v) is 3.21. The van der Waals surface area contributed by atoms with E-state index in [1.54, 1.807) is 0 Å². The maximum absolute atomic E-state index is 9.72. The van der Waals surface area contributed by atoms with Crippen molar-refractivity contribution in [2.24, 2.45) is 0 Å². The molecule has 5 heteroatoms. The molecule has 0 aromatic carbocycles. The molecule has 3 N–H and O–H groups in total. The second kappa shape index (κ2) is 9.44. The minimum atomic E-state index is -1.00. The van der Waals surface area contributed by atoms with Crippen LogP contribution in [0.15, 0.2) is 12.2 Å². The highest BCUT2D eigenvalue weighted by molar-refractivity contribution is 4.89. The summed E-state index contributed by atoms with van der Waals surface area (Å²) < 4.78 is 10.8. The van der Waals surface area contributed by atoms with Crippen molar-refractivity contribution in [3.63, 3.8) is 0 Å². The Labute approximate surface area is 114 Å². The van der Waals surface area contributed by atoms with Crippen molar-refractivity contribution < 1.29 is 24.8 Å². The summed E-state index contributed by atoms with van der Waals surface area (Å²) in [6, 6.07) is 0. The number of aliphatic hydroxyl groups is 3. The van der Waals surface area contributed by atoms with Gasteiger partial charge >= 0.3 is 0 Å². The Kier molecular flexibility index (Phi) is 8.25. The molecule has 0 saturated carbocycles. The molecule has 1 aliphatic rings. The zero-order valence-corrected chi connectivity index (χ0v) is 11.6. The highest BCUT2D eigenvalue weighted by Crippen LogP contribution is 2.21. The van der Waals surface area contributed by atoms with Crippen molar-refractivity contribution in [3.8, 4) is 0 Å². The molecular formula is C14H26O5. The Bertz CT molecular complexity index is 256. The van der Waals surface area contributed by atoms with E-state index in [4.69, 9.17) is 14.6 Å². The van der Waals surface area contributed by atoms with Crippen LogP contribution in [-0.2, 0) is 9.47 Å². The van der Waals surface area contributed by atoms with Crippen LogP contribution < -0.4 is 0 Å². The van der Waals surface area contributed by atoms with Gasteiger partial charge in [0.05, 0.1) is 13.2 Å². The summed E-state index contributed by atoms with van der Waals surface area (Å²) in [6.07, 6.45) is 5.41. The molecule has 0 aromatic heterocycles. The molecular weight excluding hydrogens is 248 g/mol. The first-order valence-corrected chi connectivity index (χ1v) is 7.05.